The van der Waals surface area contributed by atoms with Gasteiger partial charge in [-0.25, -0.2) is 8.42 Å². The molecule has 0 spiro atoms. The van der Waals surface area contributed by atoms with Crippen LogP contribution >= 0.6 is 27.5 Å². The normalized spacial score (nSPS) is 11.5. The number of hydrogen-bond donors (Lipinski definition) is 1. The van der Waals surface area contributed by atoms with Crippen LogP contribution in [-0.2, 0) is 15.6 Å². The molecule has 0 aliphatic heterocycles. The molecule has 0 fully saturated rings. The first-order chi connectivity index (χ1) is 8.90. The molecule has 19 heavy (non-hydrogen) atoms. The average Bonchev–Trinajstić information content (AvgIpc) is 2.35. The minimum absolute atomic E-state index is 0.113. The Morgan fingerprint density at radius 3 is 2.53 bits per heavy atom. The number of halogens is 2. The van der Waals surface area contributed by atoms with Crippen LogP contribution in [0.1, 0.15) is 5.56 Å². The summed E-state index contributed by atoms with van der Waals surface area (Å²) in [5.74, 6) is -0.173. The van der Waals surface area contributed by atoms with Crippen LogP contribution in [0.4, 0.5) is 5.69 Å². The third kappa shape index (κ3) is 3.29. The van der Waals surface area contributed by atoms with Crippen LogP contribution in [0.3, 0.4) is 0 Å². The Balaban J connectivity index is 2.44. The van der Waals surface area contributed by atoms with Crippen molar-refractivity contribution in [2.75, 3.05) is 5.73 Å². The predicted molar refractivity (Wildman–Crippen MR) is 80.9 cm³/mol. The molecule has 2 aromatic carbocycles. The van der Waals surface area contributed by atoms with Crippen molar-refractivity contribution in [3.05, 3.63) is 57.5 Å². The maximum Gasteiger partial charge on any atom is 0.184 e. The van der Waals surface area contributed by atoms with Gasteiger partial charge in [-0.2, -0.15) is 0 Å². The molecule has 0 atom stereocenters. The van der Waals surface area contributed by atoms with Crippen molar-refractivity contribution in [3.8, 4) is 0 Å². The van der Waals surface area contributed by atoms with E-state index >= 15 is 0 Å². The predicted octanol–water partition coefficient (Wildman–Crippen LogP) is 3.66. The summed E-state index contributed by atoms with van der Waals surface area (Å²) in [7, 11) is -3.53. The van der Waals surface area contributed by atoms with Crippen molar-refractivity contribution in [3.63, 3.8) is 0 Å². The standard InChI is InChI=1S/C13H11BrClNO2S/c14-10-5-6-12(16)13(7-10)19(17,18)8-9-3-1-2-4-11(9)15/h1-7H,8,16H2. The highest BCUT2D eigenvalue weighted by molar-refractivity contribution is 9.10. The lowest BCUT2D eigenvalue weighted by Crippen LogP contribution is -2.08. The van der Waals surface area contributed by atoms with Gasteiger partial charge in [0.1, 0.15) is 0 Å². The van der Waals surface area contributed by atoms with Crippen LogP contribution in [0, 0.1) is 0 Å². The fraction of sp³-hybridized carbons (Fsp3) is 0.0769. The fourth-order valence-corrected chi connectivity index (χ4v) is 4.02. The van der Waals surface area contributed by atoms with E-state index in [-0.39, 0.29) is 16.3 Å². The average molecular weight is 361 g/mol. The number of sulfone groups is 1. The van der Waals surface area contributed by atoms with Crippen molar-refractivity contribution >= 4 is 43.1 Å². The molecule has 0 unspecified atom stereocenters. The Labute approximate surface area is 125 Å². The Hall–Kier alpha value is -1.04. The number of benzene rings is 2. The maximum absolute atomic E-state index is 12.4. The number of rotatable bonds is 3. The lowest BCUT2D eigenvalue weighted by molar-refractivity contribution is 0.595. The van der Waals surface area contributed by atoms with E-state index in [9.17, 15) is 8.42 Å². The molecule has 100 valence electrons. The second-order valence-corrected chi connectivity index (χ2v) is 7.31. The van der Waals surface area contributed by atoms with Crippen LogP contribution in [0.25, 0.3) is 0 Å². The lowest BCUT2D eigenvalue weighted by atomic mass is 10.2. The minimum Gasteiger partial charge on any atom is -0.398 e. The molecule has 2 aromatic rings. The fourth-order valence-electron chi connectivity index (χ4n) is 1.68. The summed E-state index contributed by atoms with van der Waals surface area (Å²) in [6.45, 7) is 0. The molecule has 0 saturated heterocycles. The molecule has 0 heterocycles. The van der Waals surface area contributed by atoms with Gasteiger partial charge < -0.3 is 5.73 Å². The van der Waals surface area contributed by atoms with Crippen molar-refractivity contribution in [2.24, 2.45) is 0 Å². The van der Waals surface area contributed by atoms with Crippen LogP contribution in [0.15, 0.2) is 51.8 Å². The molecule has 0 bridgehead atoms. The summed E-state index contributed by atoms with van der Waals surface area (Å²) in [6, 6.07) is 11.6. The van der Waals surface area contributed by atoms with Crippen LogP contribution in [0.2, 0.25) is 5.02 Å². The Kier molecular flexibility index (Phi) is 4.18. The first-order valence-electron chi connectivity index (χ1n) is 5.41. The SMILES string of the molecule is Nc1ccc(Br)cc1S(=O)(=O)Cc1ccccc1Cl. The number of anilines is 1. The van der Waals surface area contributed by atoms with Crippen LogP contribution < -0.4 is 5.73 Å². The smallest absolute Gasteiger partial charge is 0.184 e. The zero-order chi connectivity index (χ0) is 14.0. The Morgan fingerprint density at radius 1 is 1.16 bits per heavy atom. The molecule has 3 nitrogen and oxygen atoms in total. The summed E-state index contributed by atoms with van der Waals surface area (Å²) < 4.78 is 25.4. The molecule has 0 aliphatic rings. The molecule has 6 heteroatoms. The molecule has 0 aromatic heterocycles. The summed E-state index contributed by atoms with van der Waals surface area (Å²) in [5, 5.41) is 0.430. The summed E-state index contributed by atoms with van der Waals surface area (Å²) in [5.41, 5.74) is 6.52. The zero-order valence-corrected chi connectivity index (χ0v) is 13.0. The lowest BCUT2D eigenvalue weighted by Gasteiger charge is -2.09. The summed E-state index contributed by atoms with van der Waals surface area (Å²) >= 11 is 9.23. The third-order valence-electron chi connectivity index (χ3n) is 2.61. The van der Waals surface area contributed by atoms with Gasteiger partial charge in [0.15, 0.2) is 9.84 Å². The van der Waals surface area contributed by atoms with Crippen molar-refractivity contribution in [1.29, 1.82) is 0 Å². The molecule has 2 N–H and O–H groups in total. The molecule has 2 rings (SSSR count). The van der Waals surface area contributed by atoms with Gasteiger partial charge in [0, 0.05) is 9.50 Å². The topological polar surface area (TPSA) is 60.2 Å². The molecular formula is C13H11BrClNO2S. The van der Waals surface area contributed by atoms with Crippen LogP contribution in [0.5, 0.6) is 0 Å². The van der Waals surface area contributed by atoms with Gasteiger partial charge in [0.25, 0.3) is 0 Å². The first kappa shape index (κ1) is 14.4. The van der Waals surface area contributed by atoms with Crippen molar-refractivity contribution in [1.82, 2.24) is 0 Å². The van der Waals surface area contributed by atoms with E-state index in [1.54, 1.807) is 36.4 Å². The van der Waals surface area contributed by atoms with Gasteiger partial charge in [-0.3, -0.25) is 0 Å². The van der Waals surface area contributed by atoms with Gasteiger partial charge >= 0.3 is 0 Å². The van der Waals surface area contributed by atoms with Crippen molar-refractivity contribution in [2.45, 2.75) is 10.6 Å². The molecule has 0 amide bonds. The van der Waals surface area contributed by atoms with Gasteiger partial charge in [0.2, 0.25) is 0 Å². The second kappa shape index (κ2) is 5.53. The van der Waals surface area contributed by atoms with Gasteiger partial charge in [-0.1, -0.05) is 45.7 Å². The van der Waals surface area contributed by atoms with E-state index < -0.39 is 9.84 Å². The van der Waals surface area contributed by atoms with Crippen LogP contribution in [-0.4, -0.2) is 8.42 Å². The number of nitrogens with two attached hydrogens (primary N) is 1. The maximum atomic E-state index is 12.4. The first-order valence-corrected chi connectivity index (χ1v) is 8.23. The summed E-state index contributed by atoms with van der Waals surface area (Å²) in [4.78, 5) is 0.113. The van der Waals surface area contributed by atoms with Gasteiger partial charge in [-0.15, -0.1) is 0 Å². The molecule has 0 radical (unpaired) electrons. The molecule has 0 aliphatic carbocycles. The van der Waals surface area contributed by atoms with E-state index in [1.807, 2.05) is 0 Å². The monoisotopic (exact) mass is 359 g/mol. The quantitative estimate of drug-likeness (QED) is 0.850. The van der Waals surface area contributed by atoms with E-state index in [4.69, 9.17) is 17.3 Å². The van der Waals surface area contributed by atoms with Gasteiger partial charge in [0.05, 0.1) is 16.3 Å². The number of nitrogen functional groups attached to an aromatic ring is 1. The molecular weight excluding hydrogens is 350 g/mol. The third-order valence-corrected chi connectivity index (χ3v) is 5.19. The van der Waals surface area contributed by atoms with Gasteiger partial charge in [-0.05, 0) is 29.8 Å². The number of hydrogen-bond acceptors (Lipinski definition) is 3. The Morgan fingerprint density at radius 2 is 1.84 bits per heavy atom. The summed E-state index contributed by atoms with van der Waals surface area (Å²) in [6.07, 6.45) is 0. The Bertz CT molecular complexity index is 716. The minimum atomic E-state index is -3.53. The highest BCUT2D eigenvalue weighted by atomic mass is 79.9. The largest absolute Gasteiger partial charge is 0.398 e. The highest BCUT2D eigenvalue weighted by Gasteiger charge is 2.20. The van der Waals surface area contributed by atoms with E-state index in [0.29, 0.717) is 15.1 Å². The van der Waals surface area contributed by atoms with E-state index in [1.165, 1.54) is 6.07 Å². The second-order valence-electron chi connectivity index (χ2n) is 4.03. The van der Waals surface area contributed by atoms with E-state index in [2.05, 4.69) is 15.9 Å². The molecule has 0 saturated carbocycles. The highest BCUT2D eigenvalue weighted by Crippen LogP contribution is 2.27. The zero-order valence-electron chi connectivity index (χ0n) is 9.81. The van der Waals surface area contributed by atoms with Crippen molar-refractivity contribution < 1.29 is 8.42 Å². The van der Waals surface area contributed by atoms with E-state index in [0.717, 1.165) is 0 Å².